The van der Waals surface area contributed by atoms with Gasteiger partial charge in [-0.25, -0.2) is 13.4 Å². The lowest BCUT2D eigenvalue weighted by molar-refractivity contribution is -0.119. The second-order valence-electron chi connectivity index (χ2n) is 6.80. The fourth-order valence-electron chi connectivity index (χ4n) is 3.24. The summed E-state index contributed by atoms with van der Waals surface area (Å²) >= 11 is 5.82. The zero-order valence-corrected chi connectivity index (χ0v) is 17.3. The van der Waals surface area contributed by atoms with Gasteiger partial charge in [0.05, 0.1) is 28.3 Å². The van der Waals surface area contributed by atoms with Gasteiger partial charge in [-0.15, -0.1) is 0 Å². The van der Waals surface area contributed by atoms with Gasteiger partial charge in [0.2, 0.25) is 5.91 Å². The molecule has 4 rings (SSSR count). The van der Waals surface area contributed by atoms with Crippen molar-refractivity contribution in [1.82, 2.24) is 15.3 Å². The lowest BCUT2D eigenvalue weighted by Crippen LogP contribution is -2.34. The number of nitrogens with one attached hydrogen (secondary N) is 2. The Morgan fingerprint density at radius 2 is 1.73 bits per heavy atom. The molecule has 4 aromatic rings. The quantitative estimate of drug-likeness (QED) is 0.476. The largest absolute Gasteiger partial charge is 0.345 e. The van der Waals surface area contributed by atoms with Gasteiger partial charge in [0.25, 0.3) is 0 Å². The number of carbonyl (C=O) groups is 1. The van der Waals surface area contributed by atoms with E-state index in [0.717, 1.165) is 22.2 Å². The minimum Gasteiger partial charge on any atom is -0.345 e. The zero-order valence-electron chi connectivity index (χ0n) is 15.7. The third-order valence-corrected chi connectivity index (χ3v) is 6.59. The minimum atomic E-state index is -3.80. The summed E-state index contributed by atoms with van der Waals surface area (Å²) in [4.78, 5) is 20.0. The normalized spacial score (nSPS) is 12.6. The van der Waals surface area contributed by atoms with Crippen LogP contribution in [-0.4, -0.2) is 30.0 Å². The van der Waals surface area contributed by atoms with Crippen LogP contribution in [0.15, 0.2) is 84.0 Å². The third kappa shape index (κ3) is 4.37. The molecule has 0 spiro atoms. The van der Waals surface area contributed by atoms with Gasteiger partial charge in [0, 0.05) is 5.02 Å². The van der Waals surface area contributed by atoms with Gasteiger partial charge in [-0.2, -0.15) is 0 Å². The van der Waals surface area contributed by atoms with Crippen LogP contribution in [-0.2, 0) is 14.6 Å². The molecule has 0 aliphatic rings. The van der Waals surface area contributed by atoms with Crippen LogP contribution in [0.3, 0.4) is 0 Å². The number of halogens is 1. The number of nitrogens with zero attached hydrogens (tertiary/aromatic N) is 1. The van der Waals surface area contributed by atoms with E-state index in [2.05, 4.69) is 15.3 Å². The molecule has 0 saturated heterocycles. The van der Waals surface area contributed by atoms with E-state index < -0.39 is 27.5 Å². The molecule has 30 heavy (non-hydrogen) atoms. The Morgan fingerprint density at radius 3 is 2.47 bits per heavy atom. The Hall–Kier alpha value is -3.16. The molecule has 1 atom stereocenters. The highest BCUT2D eigenvalue weighted by Crippen LogP contribution is 2.25. The summed E-state index contributed by atoms with van der Waals surface area (Å²) in [5, 5.41) is 3.29. The molecule has 152 valence electrons. The van der Waals surface area contributed by atoms with Crippen LogP contribution in [0.4, 0.5) is 0 Å². The second kappa shape index (κ2) is 8.30. The number of sulfone groups is 1. The number of rotatable bonds is 6. The molecule has 1 aromatic heterocycles. The monoisotopic (exact) mass is 439 g/mol. The SMILES string of the molecule is O=C(CS(=O)(=O)c1ccc(Cl)cc1)NC(c1ccccc1)c1ccc2nc[nH]c2c1. The van der Waals surface area contributed by atoms with Crippen LogP contribution in [0.5, 0.6) is 0 Å². The smallest absolute Gasteiger partial charge is 0.236 e. The van der Waals surface area contributed by atoms with E-state index in [4.69, 9.17) is 11.6 Å². The summed E-state index contributed by atoms with van der Waals surface area (Å²) in [6.07, 6.45) is 1.60. The second-order valence-corrected chi connectivity index (χ2v) is 9.23. The number of hydrogen-bond donors (Lipinski definition) is 2. The van der Waals surface area contributed by atoms with E-state index in [1.165, 1.54) is 24.3 Å². The molecular formula is C22H18ClN3O3S. The lowest BCUT2D eigenvalue weighted by atomic mass is 9.98. The van der Waals surface area contributed by atoms with E-state index in [1.807, 2.05) is 48.5 Å². The Bertz CT molecular complexity index is 1290. The first-order valence-corrected chi connectivity index (χ1v) is 11.2. The Morgan fingerprint density at radius 1 is 1.00 bits per heavy atom. The van der Waals surface area contributed by atoms with Crippen molar-refractivity contribution in [1.29, 1.82) is 0 Å². The fraction of sp³-hybridized carbons (Fsp3) is 0.0909. The van der Waals surface area contributed by atoms with Gasteiger partial charge in [0.15, 0.2) is 9.84 Å². The van der Waals surface area contributed by atoms with Crippen LogP contribution in [0.2, 0.25) is 5.02 Å². The highest BCUT2D eigenvalue weighted by molar-refractivity contribution is 7.92. The number of benzene rings is 3. The molecule has 3 aromatic carbocycles. The molecule has 2 N–H and O–H groups in total. The summed E-state index contributed by atoms with van der Waals surface area (Å²) < 4.78 is 25.3. The molecule has 6 nitrogen and oxygen atoms in total. The van der Waals surface area contributed by atoms with E-state index in [0.29, 0.717) is 5.02 Å². The van der Waals surface area contributed by atoms with Crippen molar-refractivity contribution in [3.05, 3.63) is 95.3 Å². The maximum atomic E-state index is 12.7. The van der Waals surface area contributed by atoms with Gasteiger partial charge < -0.3 is 10.3 Å². The van der Waals surface area contributed by atoms with Crippen LogP contribution in [0, 0.1) is 0 Å². The molecule has 0 fully saturated rings. The third-order valence-electron chi connectivity index (χ3n) is 4.71. The van der Waals surface area contributed by atoms with E-state index in [-0.39, 0.29) is 4.90 Å². The van der Waals surface area contributed by atoms with Gasteiger partial charge in [-0.3, -0.25) is 4.79 Å². The number of amides is 1. The van der Waals surface area contributed by atoms with Crippen molar-refractivity contribution in [2.45, 2.75) is 10.9 Å². The van der Waals surface area contributed by atoms with Crippen molar-refractivity contribution in [3.8, 4) is 0 Å². The number of fused-ring (bicyclic) bond motifs is 1. The highest BCUT2D eigenvalue weighted by atomic mass is 35.5. The Kier molecular flexibility index (Phi) is 5.57. The average molecular weight is 440 g/mol. The van der Waals surface area contributed by atoms with Crippen molar-refractivity contribution < 1.29 is 13.2 Å². The summed E-state index contributed by atoms with van der Waals surface area (Å²) in [6, 6.07) is 20.3. The van der Waals surface area contributed by atoms with Gasteiger partial charge in [-0.05, 0) is 47.5 Å². The average Bonchev–Trinajstić information content (AvgIpc) is 3.20. The van der Waals surface area contributed by atoms with Crippen molar-refractivity contribution in [3.63, 3.8) is 0 Å². The number of aromatic nitrogens is 2. The molecule has 8 heteroatoms. The molecule has 1 amide bonds. The Labute approximate surface area is 178 Å². The number of hydrogen-bond acceptors (Lipinski definition) is 4. The van der Waals surface area contributed by atoms with Crippen LogP contribution in [0.1, 0.15) is 17.2 Å². The molecule has 0 bridgehead atoms. The van der Waals surface area contributed by atoms with Gasteiger partial charge in [-0.1, -0.05) is 48.0 Å². The van der Waals surface area contributed by atoms with E-state index in [9.17, 15) is 13.2 Å². The summed E-state index contributed by atoms with van der Waals surface area (Å²) in [7, 11) is -3.80. The van der Waals surface area contributed by atoms with E-state index in [1.54, 1.807) is 6.33 Å². The summed E-state index contributed by atoms with van der Waals surface area (Å²) in [6.45, 7) is 0. The highest BCUT2D eigenvalue weighted by Gasteiger charge is 2.23. The first-order valence-electron chi connectivity index (χ1n) is 9.18. The van der Waals surface area contributed by atoms with Gasteiger partial charge in [0.1, 0.15) is 5.75 Å². The van der Waals surface area contributed by atoms with Crippen LogP contribution < -0.4 is 5.32 Å². The lowest BCUT2D eigenvalue weighted by Gasteiger charge is -2.20. The van der Waals surface area contributed by atoms with Crippen LogP contribution in [0.25, 0.3) is 11.0 Å². The molecule has 1 heterocycles. The van der Waals surface area contributed by atoms with E-state index >= 15 is 0 Å². The number of H-pyrrole nitrogens is 1. The summed E-state index contributed by atoms with van der Waals surface area (Å²) in [5.41, 5.74) is 3.29. The molecule has 0 saturated carbocycles. The maximum absolute atomic E-state index is 12.7. The number of imidazole rings is 1. The van der Waals surface area contributed by atoms with Crippen molar-refractivity contribution in [2.24, 2.45) is 0 Å². The predicted molar refractivity (Wildman–Crippen MR) is 116 cm³/mol. The van der Waals surface area contributed by atoms with Crippen molar-refractivity contribution in [2.75, 3.05) is 5.75 Å². The van der Waals surface area contributed by atoms with Gasteiger partial charge >= 0.3 is 0 Å². The number of carbonyl (C=O) groups excluding carboxylic acids is 1. The first kappa shape index (κ1) is 20.1. The van der Waals surface area contributed by atoms with Crippen LogP contribution >= 0.6 is 11.6 Å². The zero-order chi connectivity index (χ0) is 21.1. The molecule has 0 aliphatic heterocycles. The number of aromatic amines is 1. The predicted octanol–water partition coefficient (Wildman–Crippen LogP) is 3.90. The molecule has 0 radical (unpaired) electrons. The Balaban J connectivity index is 1.61. The molecule has 1 unspecified atom stereocenters. The maximum Gasteiger partial charge on any atom is 0.236 e. The topological polar surface area (TPSA) is 91.9 Å². The molecular weight excluding hydrogens is 422 g/mol. The molecule has 0 aliphatic carbocycles. The standard InChI is InChI=1S/C22H18ClN3O3S/c23-17-7-9-18(10-8-17)30(28,29)13-21(27)26-22(15-4-2-1-3-5-15)16-6-11-19-20(12-16)25-14-24-19/h1-12,14,22H,13H2,(H,24,25)(H,26,27). The summed E-state index contributed by atoms with van der Waals surface area (Å²) in [5.74, 6) is -1.26. The fourth-order valence-corrected chi connectivity index (χ4v) is 4.51. The first-order chi connectivity index (χ1) is 14.4. The minimum absolute atomic E-state index is 0.0530. The van der Waals surface area contributed by atoms with Crippen molar-refractivity contribution >= 4 is 38.4 Å².